The largest absolute Gasteiger partial charge is 0.497 e. The standard InChI is InChI=1S/C22H22N4O4S/c1-5-30-18(28)10-17(27)22(2,3)31-21-16(12-24)19(15(11-23)20(25)26-21)13-6-8-14(29-4)9-7-13/h6-9H,5,10H2,1-4H3,(H2,25,26). The maximum Gasteiger partial charge on any atom is 0.313 e. The first-order valence-electron chi connectivity index (χ1n) is 9.34. The number of ketones is 1. The summed E-state index contributed by atoms with van der Waals surface area (Å²) in [4.78, 5) is 28.6. The number of hydrogen-bond donors (Lipinski definition) is 1. The number of hydrogen-bond acceptors (Lipinski definition) is 9. The topological polar surface area (TPSA) is 139 Å². The van der Waals surface area contributed by atoms with Gasteiger partial charge in [0.2, 0.25) is 0 Å². The second-order valence-electron chi connectivity index (χ2n) is 6.90. The van der Waals surface area contributed by atoms with Gasteiger partial charge < -0.3 is 15.2 Å². The zero-order valence-electron chi connectivity index (χ0n) is 17.7. The van der Waals surface area contributed by atoms with E-state index in [1.807, 2.05) is 6.07 Å². The molecule has 0 bridgehead atoms. The van der Waals surface area contributed by atoms with E-state index in [9.17, 15) is 20.1 Å². The molecule has 0 amide bonds. The van der Waals surface area contributed by atoms with Crippen LogP contribution in [0.15, 0.2) is 29.3 Å². The van der Waals surface area contributed by atoms with Crippen molar-refractivity contribution in [1.82, 2.24) is 4.98 Å². The van der Waals surface area contributed by atoms with Gasteiger partial charge in [0.15, 0.2) is 5.78 Å². The van der Waals surface area contributed by atoms with Crippen LogP contribution in [0.25, 0.3) is 11.1 Å². The molecule has 0 aliphatic rings. The van der Waals surface area contributed by atoms with Crippen molar-refractivity contribution in [2.24, 2.45) is 0 Å². The second-order valence-corrected chi connectivity index (χ2v) is 8.51. The van der Waals surface area contributed by atoms with E-state index < -0.39 is 17.1 Å². The first kappa shape index (κ1) is 23.7. The van der Waals surface area contributed by atoms with Crippen LogP contribution in [-0.4, -0.2) is 35.2 Å². The molecule has 0 saturated carbocycles. The number of rotatable bonds is 8. The lowest BCUT2D eigenvalue weighted by Crippen LogP contribution is -2.30. The average molecular weight is 439 g/mol. The number of aromatic nitrogens is 1. The summed E-state index contributed by atoms with van der Waals surface area (Å²) < 4.78 is 8.91. The van der Waals surface area contributed by atoms with Crippen LogP contribution in [0.5, 0.6) is 5.75 Å². The van der Waals surface area contributed by atoms with Crippen molar-refractivity contribution in [3.05, 3.63) is 35.4 Å². The molecule has 1 heterocycles. The number of esters is 1. The molecular formula is C22H22N4O4S. The van der Waals surface area contributed by atoms with Crippen molar-refractivity contribution in [1.29, 1.82) is 10.5 Å². The number of nitrogen functional groups attached to an aromatic ring is 1. The summed E-state index contributed by atoms with van der Waals surface area (Å²) in [7, 11) is 1.53. The van der Waals surface area contributed by atoms with E-state index in [0.29, 0.717) is 16.9 Å². The van der Waals surface area contributed by atoms with Crippen molar-refractivity contribution < 1.29 is 19.1 Å². The maximum atomic E-state index is 12.7. The lowest BCUT2D eigenvalue weighted by molar-refractivity contribution is -0.145. The lowest BCUT2D eigenvalue weighted by atomic mass is 9.97. The van der Waals surface area contributed by atoms with Crippen LogP contribution in [0.2, 0.25) is 0 Å². The minimum absolute atomic E-state index is 0.0524. The van der Waals surface area contributed by atoms with E-state index in [1.165, 1.54) is 7.11 Å². The van der Waals surface area contributed by atoms with Gasteiger partial charge in [0, 0.05) is 5.56 Å². The summed E-state index contributed by atoms with van der Waals surface area (Å²) in [5.41, 5.74) is 7.13. The van der Waals surface area contributed by atoms with Crippen LogP contribution in [0.4, 0.5) is 5.82 Å². The number of pyridine rings is 1. The number of nitriles is 2. The molecule has 9 heteroatoms. The summed E-state index contributed by atoms with van der Waals surface area (Å²) in [6.07, 6.45) is -0.396. The fraction of sp³-hybridized carbons (Fsp3) is 0.318. The molecule has 0 fully saturated rings. The van der Waals surface area contributed by atoms with Crippen molar-refractivity contribution in [2.45, 2.75) is 37.0 Å². The Hall–Kier alpha value is -3.56. The van der Waals surface area contributed by atoms with Crippen LogP contribution in [-0.2, 0) is 14.3 Å². The number of carbonyl (C=O) groups is 2. The molecule has 1 aromatic heterocycles. The second kappa shape index (κ2) is 9.96. The van der Waals surface area contributed by atoms with Gasteiger partial charge in [0.05, 0.1) is 24.0 Å². The van der Waals surface area contributed by atoms with E-state index in [-0.39, 0.29) is 34.4 Å². The van der Waals surface area contributed by atoms with E-state index in [4.69, 9.17) is 15.2 Å². The molecule has 31 heavy (non-hydrogen) atoms. The summed E-state index contributed by atoms with van der Waals surface area (Å²) in [6.45, 7) is 5.09. The van der Waals surface area contributed by atoms with Gasteiger partial charge in [-0.05, 0) is 38.5 Å². The Morgan fingerprint density at radius 2 is 1.77 bits per heavy atom. The number of nitrogens with two attached hydrogens (primary N) is 1. The van der Waals surface area contributed by atoms with Crippen molar-refractivity contribution in [3.8, 4) is 29.0 Å². The molecule has 0 saturated heterocycles. The molecular weight excluding hydrogens is 416 g/mol. The predicted octanol–water partition coefficient (Wildman–Crippen LogP) is 3.48. The minimum Gasteiger partial charge on any atom is -0.497 e. The summed E-state index contributed by atoms with van der Waals surface area (Å²) in [5.74, 6) is -0.435. The molecule has 2 aromatic rings. The molecule has 2 rings (SSSR count). The molecule has 8 nitrogen and oxygen atoms in total. The summed E-state index contributed by atoms with van der Waals surface area (Å²) in [6, 6.07) is 10.9. The van der Waals surface area contributed by atoms with Gasteiger partial charge in [-0.25, -0.2) is 4.98 Å². The molecule has 0 atom stereocenters. The predicted molar refractivity (Wildman–Crippen MR) is 116 cm³/mol. The third-order valence-electron chi connectivity index (χ3n) is 4.43. The third kappa shape index (κ3) is 5.33. The quantitative estimate of drug-likeness (QED) is 0.373. The van der Waals surface area contributed by atoms with Gasteiger partial charge in [0.1, 0.15) is 40.7 Å². The first-order chi connectivity index (χ1) is 14.7. The van der Waals surface area contributed by atoms with Crippen LogP contribution in [0, 0.1) is 22.7 Å². The van der Waals surface area contributed by atoms with Crippen molar-refractivity contribution >= 4 is 29.3 Å². The van der Waals surface area contributed by atoms with Crippen molar-refractivity contribution in [3.63, 3.8) is 0 Å². The Kier molecular flexibility index (Phi) is 7.62. The van der Waals surface area contributed by atoms with Crippen LogP contribution >= 0.6 is 11.8 Å². The number of benzene rings is 1. The number of methoxy groups -OCH3 is 1. The Balaban J connectivity index is 2.55. The molecule has 2 N–H and O–H groups in total. The van der Waals surface area contributed by atoms with Crippen LogP contribution in [0.3, 0.4) is 0 Å². The van der Waals surface area contributed by atoms with Gasteiger partial charge in [-0.1, -0.05) is 23.9 Å². The molecule has 0 aliphatic heterocycles. The van der Waals surface area contributed by atoms with Gasteiger partial charge >= 0.3 is 5.97 Å². The Morgan fingerprint density at radius 3 is 2.29 bits per heavy atom. The zero-order valence-corrected chi connectivity index (χ0v) is 18.5. The fourth-order valence-corrected chi connectivity index (χ4v) is 3.84. The number of carbonyl (C=O) groups excluding carboxylic acids is 2. The molecule has 0 spiro atoms. The monoisotopic (exact) mass is 438 g/mol. The summed E-state index contributed by atoms with van der Waals surface area (Å²) in [5, 5.41) is 19.7. The highest BCUT2D eigenvalue weighted by Gasteiger charge is 2.33. The Bertz CT molecular complexity index is 1080. The molecule has 0 unspecified atom stereocenters. The number of ether oxygens (including phenoxy) is 2. The minimum atomic E-state index is -1.09. The number of thioether (sulfide) groups is 1. The first-order valence-corrected chi connectivity index (χ1v) is 10.2. The Labute approximate surface area is 185 Å². The molecule has 0 radical (unpaired) electrons. The molecule has 0 aliphatic carbocycles. The zero-order chi connectivity index (χ0) is 23.2. The highest BCUT2D eigenvalue weighted by Crippen LogP contribution is 2.41. The van der Waals surface area contributed by atoms with Crippen LogP contribution in [0.1, 0.15) is 38.3 Å². The van der Waals surface area contributed by atoms with Gasteiger partial charge in [-0.2, -0.15) is 10.5 Å². The normalized spacial score (nSPS) is 10.6. The molecule has 160 valence electrons. The van der Waals surface area contributed by atoms with Gasteiger partial charge in [-0.15, -0.1) is 0 Å². The van der Waals surface area contributed by atoms with Gasteiger partial charge in [-0.3, -0.25) is 9.59 Å². The fourth-order valence-electron chi connectivity index (χ4n) is 2.77. The lowest BCUT2D eigenvalue weighted by Gasteiger charge is -2.23. The highest BCUT2D eigenvalue weighted by molar-refractivity contribution is 8.01. The Morgan fingerprint density at radius 1 is 1.16 bits per heavy atom. The van der Waals surface area contributed by atoms with E-state index in [2.05, 4.69) is 11.1 Å². The van der Waals surface area contributed by atoms with E-state index >= 15 is 0 Å². The SMILES string of the molecule is CCOC(=O)CC(=O)C(C)(C)Sc1nc(N)c(C#N)c(-c2ccc(OC)cc2)c1C#N. The van der Waals surface area contributed by atoms with Crippen molar-refractivity contribution in [2.75, 3.05) is 19.5 Å². The number of anilines is 1. The van der Waals surface area contributed by atoms with Gasteiger partial charge in [0.25, 0.3) is 0 Å². The number of nitrogens with zero attached hydrogens (tertiary/aromatic N) is 3. The van der Waals surface area contributed by atoms with E-state index in [0.717, 1.165) is 11.8 Å². The van der Waals surface area contributed by atoms with Crippen LogP contribution < -0.4 is 10.5 Å². The average Bonchev–Trinajstić information content (AvgIpc) is 2.73. The number of Topliss-reactive ketones (excluding diaryl/α,β-unsaturated/α-hetero) is 1. The third-order valence-corrected chi connectivity index (χ3v) is 5.65. The smallest absolute Gasteiger partial charge is 0.313 e. The highest BCUT2D eigenvalue weighted by atomic mass is 32.2. The van der Waals surface area contributed by atoms with E-state index in [1.54, 1.807) is 45.0 Å². The maximum absolute atomic E-state index is 12.7. The molecule has 1 aromatic carbocycles. The summed E-state index contributed by atoms with van der Waals surface area (Å²) >= 11 is 1.01.